The lowest BCUT2D eigenvalue weighted by Gasteiger charge is -2.31. The second-order valence-corrected chi connectivity index (χ2v) is 7.07. The van der Waals surface area contributed by atoms with E-state index in [-0.39, 0.29) is 23.9 Å². The zero-order valence-corrected chi connectivity index (χ0v) is 16.9. The van der Waals surface area contributed by atoms with Crippen LogP contribution >= 0.6 is 0 Å². The Morgan fingerprint density at radius 1 is 1.07 bits per heavy atom. The van der Waals surface area contributed by atoms with Gasteiger partial charge in [0.2, 0.25) is 0 Å². The van der Waals surface area contributed by atoms with Gasteiger partial charge >= 0.3 is 6.09 Å². The lowest BCUT2D eigenvalue weighted by Crippen LogP contribution is -2.46. The minimum Gasteiger partial charge on any atom is -0.450 e. The highest BCUT2D eigenvalue weighted by atomic mass is 16.6. The number of hydrogen-bond acceptors (Lipinski definition) is 5. The van der Waals surface area contributed by atoms with E-state index in [0.717, 1.165) is 6.54 Å². The lowest BCUT2D eigenvalue weighted by atomic mass is 10.0. The summed E-state index contributed by atoms with van der Waals surface area (Å²) in [4.78, 5) is 39.9. The van der Waals surface area contributed by atoms with Gasteiger partial charge in [-0.3, -0.25) is 9.59 Å². The molecule has 0 aromatic heterocycles. The first-order chi connectivity index (χ1) is 13.4. The fourth-order valence-electron chi connectivity index (χ4n) is 2.96. The Morgan fingerprint density at radius 3 is 2.18 bits per heavy atom. The SMILES string of the molecule is CCOC(=O)N1CCC(NC(=O)c2ccc(C(=O)NCCN(C)C)cc2)CC1. The largest absolute Gasteiger partial charge is 0.450 e. The summed E-state index contributed by atoms with van der Waals surface area (Å²) in [6.45, 7) is 4.61. The summed E-state index contributed by atoms with van der Waals surface area (Å²) in [6.07, 6.45) is 1.08. The van der Waals surface area contributed by atoms with Gasteiger partial charge in [0.25, 0.3) is 11.8 Å². The van der Waals surface area contributed by atoms with Crippen LogP contribution in [0.1, 0.15) is 40.5 Å². The van der Waals surface area contributed by atoms with Gasteiger partial charge in [-0.05, 0) is 58.1 Å². The molecule has 0 saturated carbocycles. The molecule has 0 unspecified atom stereocenters. The summed E-state index contributed by atoms with van der Waals surface area (Å²) in [5.74, 6) is -0.325. The normalized spacial score (nSPS) is 14.6. The van der Waals surface area contributed by atoms with Crippen molar-refractivity contribution in [3.05, 3.63) is 35.4 Å². The van der Waals surface area contributed by atoms with Gasteiger partial charge in [0, 0.05) is 43.3 Å². The first-order valence-electron chi connectivity index (χ1n) is 9.66. The molecule has 3 amide bonds. The van der Waals surface area contributed by atoms with Crippen molar-refractivity contribution in [2.75, 3.05) is 46.9 Å². The quantitative estimate of drug-likeness (QED) is 0.733. The number of hydrogen-bond donors (Lipinski definition) is 2. The van der Waals surface area contributed by atoms with E-state index in [1.807, 2.05) is 19.0 Å². The number of likely N-dealkylation sites (tertiary alicyclic amines) is 1. The average Bonchev–Trinajstić information content (AvgIpc) is 2.68. The molecule has 1 aromatic carbocycles. The topological polar surface area (TPSA) is 91.0 Å². The fraction of sp³-hybridized carbons (Fsp3) is 0.550. The monoisotopic (exact) mass is 390 g/mol. The van der Waals surface area contributed by atoms with Crippen LogP contribution in [0.3, 0.4) is 0 Å². The second-order valence-electron chi connectivity index (χ2n) is 7.07. The third-order valence-corrected chi connectivity index (χ3v) is 4.61. The van der Waals surface area contributed by atoms with Crippen LogP contribution in [0, 0.1) is 0 Å². The van der Waals surface area contributed by atoms with Crippen LogP contribution < -0.4 is 10.6 Å². The van der Waals surface area contributed by atoms with Crippen LogP contribution in [-0.2, 0) is 4.74 Å². The first-order valence-corrected chi connectivity index (χ1v) is 9.66. The maximum absolute atomic E-state index is 12.4. The van der Waals surface area contributed by atoms with E-state index in [2.05, 4.69) is 10.6 Å². The molecular formula is C20H30N4O4. The molecular weight excluding hydrogens is 360 g/mol. The van der Waals surface area contributed by atoms with Crippen LogP contribution in [0.15, 0.2) is 24.3 Å². The number of carbonyl (C=O) groups is 3. The smallest absolute Gasteiger partial charge is 0.409 e. The Labute approximate surface area is 166 Å². The van der Waals surface area contributed by atoms with Crippen LogP contribution in [0.25, 0.3) is 0 Å². The van der Waals surface area contributed by atoms with E-state index in [0.29, 0.717) is 50.2 Å². The fourth-order valence-corrected chi connectivity index (χ4v) is 2.96. The minimum atomic E-state index is -0.299. The molecule has 154 valence electrons. The predicted molar refractivity (Wildman–Crippen MR) is 106 cm³/mol. The van der Waals surface area contributed by atoms with E-state index in [4.69, 9.17) is 4.74 Å². The molecule has 1 aliphatic rings. The molecule has 1 saturated heterocycles. The second kappa shape index (κ2) is 10.7. The molecule has 2 N–H and O–H groups in total. The Morgan fingerprint density at radius 2 is 1.64 bits per heavy atom. The third kappa shape index (κ3) is 6.53. The summed E-state index contributed by atoms with van der Waals surface area (Å²) in [5, 5.41) is 5.84. The van der Waals surface area contributed by atoms with Crippen LogP contribution in [0.4, 0.5) is 4.79 Å². The van der Waals surface area contributed by atoms with Crippen LogP contribution in [-0.4, -0.2) is 80.6 Å². The molecule has 0 radical (unpaired) electrons. The molecule has 1 fully saturated rings. The molecule has 0 spiro atoms. The van der Waals surface area contributed by atoms with Gasteiger partial charge in [0.1, 0.15) is 0 Å². The molecule has 0 aliphatic carbocycles. The molecule has 2 rings (SSSR count). The molecule has 1 heterocycles. The van der Waals surface area contributed by atoms with Crippen molar-refractivity contribution in [2.45, 2.75) is 25.8 Å². The van der Waals surface area contributed by atoms with Gasteiger partial charge in [-0.15, -0.1) is 0 Å². The molecule has 8 nitrogen and oxygen atoms in total. The van der Waals surface area contributed by atoms with Crippen molar-refractivity contribution >= 4 is 17.9 Å². The lowest BCUT2D eigenvalue weighted by molar-refractivity contribution is 0.0858. The van der Waals surface area contributed by atoms with Crippen LogP contribution in [0.2, 0.25) is 0 Å². The van der Waals surface area contributed by atoms with E-state index in [1.165, 1.54) is 0 Å². The summed E-state index contributed by atoms with van der Waals surface area (Å²) in [5.41, 5.74) is 1.04. The highest BCUT2D eigenvalue weighted by molar-refractivity contribution is 5.97. The predicted octanol–water partition coefficient (Wildman–Crippen LogP) is 1.33. The number of benzene rings is 1. The van der Waals surface area contributed by atoms with Crippen molar-refractivity contribution in [3.8, 4) is 0 Å². The Bertz CT molecular complexity index is 667. The van der Waals surface area contributed by atoms with Gasteiger partial charge in [0.15, 0.2) is 0 Å². The first kappa shape index (κ1) is 21.7. The van der Waals surface area contributed by atoms with Crippen molar-refractivity contribution in [1.29, 1.82) is 0 Å². The molecule has 8 heteroatoms. The maximum Gasteiger partial charge on any atom is 0.409 e. The summed E-state index contributed by atoms with van der Waals surface area (Å²) >= 11 is 0. The van der Waals surface area contributed by atoms with Crippen LogP contribution in [0.5, 0.6) is 0 Å². The summed E-state index contributed by atoms with van der Waals surface area (Å²) in [7, 11) is 3.89. The van der Waals surface area contributed by atoms with E-state index in [1.54, 1.807) is 36.1 Å². The van der Waals surface area contributed by atoms with E-state index in [9.17, 15) is 14.4 Å². The molecule has 0 atom stereocenters. The summed E-state index contributed by atoms with van der Waals surface area (Å²) in [6, 6.07) is 6.65. The Balaban J connectivity index is 1.80. The number of amides is 3. The summed E-state index contributed by atoms with van der Waals surface area (Å²) < 4.78 is 5.00. The standard InChI is InChI=1S/C20H30N4O4/c1-4-28-20(27)24-12-9-17(10-13-24)22-19(26)16-7-5-15(6-8-16)18(25)21-11-14-23(2)3/h5-8,17H,4,9-14H2,1-3H3,(H,21,25)(H,22,26). The highest BCUT2D eigenvalue weighted by Crippen LogP contribution is 2.13. The third-order valence-electron chi connectivity index (χ3n) is 4.61. The Kier molecular flexibility index (Phi) is 8.25. The number of nitrogens with one attached hydrogen (secondary N) is 2. The van der Waals surface area contributed by atoms with Gasteiger partial charge in [-0.25, -0.2) is 4.79 Å². The van der Waals surface area contributed by atoms with E-state index < -0.39 is 0 Å². The highest BCUT2D eigenvalue weighted by Gasteiger charge is 2.24. The molecule has 28 heavy (non-hydrogen) atoms. The average molecular weight is 390 g/mol. The number of rotatable bonds is 7. The van der Waals surface area contributed by atoms with Gasteiger partial charge in [-0.1, -0.05) is 0 Å². The number of nitrogens with zero attached hydrogens (tertiary/aromatic N) is 2. The number of piperidine rings is 1. The van der Waals surface area contributed by atoms with Crippen molar-refractivity contribution in [3.63, 3.8) is 0 Å². The van der Waals surface area contributed by atoms with Gasteiger partial charge in [0.05, 0.1) is 6.61 Å². The molecule has 1 aliphatic heterocycles. The number of carbonyl (C=O) groups excluding carboxylic acids is 3. The van der Waals surface area contributed by atoms with E-state index >= 15 is 0 Å². The number of likely N-dealkylation sites (N-methyl/N-ethyl adjacent to an activating group) is 1. The zero-order valence-electron chi connectivity index (χ0n) is 16.9. The molecule has 1 aromatic rings. The van der Waals surface area contributed by atoms with Gasteiger partial charge in [-0.2, -0.15) is 0 Å². The zero-order chi connectivity index (χ0) is 20.5. The van der Waals surface area contributed by atoms with Gasteiger partial charge < -0.3 is 25.2 Å². The molecule has 0 bridgehead atoms. The number of ether oxygens (including phenoxy) is 1. The van der Waals surface area contributed by atoms with Crippen molar-refractivity contribution < 1.29 is 19.1 Å². The maximum atomic E-state index is 12.4. The van der Waals surface area contributed by atoms with Crippen molar-refractivity contribution in [1.82, 2.24) is 20.4 Å². The van der Waals surface area contributed by atoms with Crippen molar-refractivity contribution in [2.24, 2.45) is 0 Å². The minimum absolute atomic E-state index is 0.0205. The Hall–Kier alpha value is -2.61.